The van der Waals surface area contributed by atoms with Crippen molar-refractivity contribution in [3.63, 3.8) is 0 Å². The lowest BCUT2D eigenvalue weighted by Crippen LogP contribution is -2.07. The smallest absolute Gasteiger partial charge is 0.417 e. The van der Waals surface area contributed by atoms with E-state index in [2.05, 4.69) is 4.98 Å². The van der Waals surface area contributed by atoms with Crippen molar-refractivity contribution >= 4 is 0 Å². The number of ether oxygens (including phenoxy) is 1. The van der Waals surface area contributed by atoms with Gasteiger partial charge >= 0.3 is 12.4 Å². The first-order valence-corrected chi connectivity index (χ1v) is 6.06. The van der Waals surface area contributed by atoms with E-state index in [4.69, 9.17) is 4.74 Å². The van der Waals surface area contributed by atoms with Crippen molar-refractivity contribution in [2.75, 3.05) is 7.11 Å². The van der Waals surface area contributed by atoms with Crippen molar-refractivity contribution in [2.24, 2.45) is 0 Å². The van der Waals surface area contributed by atoms with Gasteiger partial charge in [0.15, 0.2) is 0 Å². The number of benzene rings is 1. The fourth-order valence-electron chi connectivity index (χ4n) is 1.90. The molecule has 1 aromatic heterocycles. The quantitative estimate of drug-likeness (QED) is 0.821. The van der Waals surface area contributed by atoms with Gasteiger partial charge in [0.1, 0.15) is 5.75 Å². The first-order chi connectivity index (χ1) is 10.5. The lowest BCUT2D eigenvalue weighted by molar-refractivity contribution is -0.138. The average molecular weight is 337 g/mol. The van der Waals surface area contributed by atoms with E-state index in [1.54, 1.807) is 0 Å². The molecule has 1 N–H and O–H groups in total. The number of aromatic nitrogens is 1. The molecule has 2 rings (SSSR count). The molecule has 0 saturated carbocycles. The second kappa shape index (κ2) is 5.64. The predicted molar refractivity (Wildman–Crippen MR) is 67.9 cm³/mol. The largest absolute Gasteiger partial charge is 0.507 e. The molecule has 1 aromatic carbocycles. The van der Waals surface area contributed by atoms with Crippen molar-refractivity contribution < 1.29 is 36.2 Å². The monoisotopic (exact) mass is 337 g/mol. The molecule has 0 amide bonds. The van der Waals surface area contributed by atoms with Crippen LogP contribution in [0, 0.1) is 0 Å². The van der Waals surface area contributed by atoms with Gasteiger partial charge in [-0.3, -0.25) is 0 Å². The van der Waals surface area contributed by atoms with Crippen molar-refractivity contribution in [2.45, 2.75) is 12.4 Å². The van der Waals surface area contributed by atoms with E-state index in [1.165, 1.54) is 0 Å². The Hall–Kier alpha value is -2.45. The lowest BCUT2D eigenvalue weighted by atomic mass is 10.0. The average Bonchev–Trinajstić information content (AvgIpc) is 2.44. The van der Waals surface area contributed by atoms with Crippen molar-refractivity contribution in [3.8, 4) is 22.8 Å². The Morgan fingerprint density at radius 3 is 2.00 bits per heavy atom. The van der Waals surface area contributed by atoms with Crippen LogP contribution >= 0.6 is 0 Å². The number of pyridine rings is 1. The van der Waals surface area contributed by atoms with Crippen LogP contribution in [0.2, 0.25) is 0 Å². The Morgan fingerprint density at radius 1 is 0.913 bits per heavy atom. The van der Waals surface area contributed by atoms with Crippen molar-refractivity contribution in [1.82, 2.24) is 4.98 Å². The minimum atomic E-state index is -4.70. The fraction of sp³-hybridized carbons (Fsp3) is 0.214. The summed E-state index contributed by atoms with van der Waals surface area (Å²) >= 11 is 0. The van der Waals surface area contributed by atoms with Crippen LogP contribution in [0.3, 0.4) is 0 Å². The van der Waals surface area contributed by atoms with Gasteiger partial charge in [-0.2, -0.15) is 26.3 Å². The second-order valence-corrected chi connectivity index (χ2v) is 4.51. The molecular weight excluding hydrogens is 328 g/mol. The molecule has 0 spiro atoms. The molecule has 0 radical (unpaired) electrons. The maximum atomic E-state index is 12.7. The molecule has 1 heterocycles. The van der Waals surface area contributed by atoms with Gasteiger partial charge < -0.3 is 9.84 Å². The lowest BCUT2D eigenvalue weighted by Gasteiger charge is -2.14. The molecule has 0 aliphatic carbocycles. The highest BCUT2D eigenvalue weighted by atomic mass is 19.4. The molecule has 2 aromatic rings. The van der Waals surface area contributed by atoms with Crippen LogP contribution in [0.1, 0.15) is 11.1 Å². The normalized spacial score (nSPS) is 12.3. The molecule has 0 atom stereocenters. The van der Waals surface area contributed by atoms with Crippen molar-refractivity contribution in [3.05, 3.63) is 41.6 Å². The highest BCUT2D eigenvalue weighted by molar-refractivity contribution is 5.75. The van der Waals surface area contributed by atoms with Gasteiger partial charge in [0.2, 0.25) is 5.88 Å². The molecule has 9 heteroatoms. The first-order valence-electron chi connectivity index (χ1n) is 6.06. The number of alkyl halides is 6. The predicted octanol–water partition coefficient (Wildman–Crippen LogP) is 4.50. The van der Waals surface area contributed by atoms with Crippen LogP contribution in [0.5, 0.6) is 11.6 Å². The van der Waals surface area contributed by atoms with E-state index in [0.717, 1.165) is 13.2 Å². The fourth-order valence-corrected chi connectivity index (χ4v) is 1.90. The summed E-state index contributed by atoms with van der Waals surface area (Å²) < 4.78 is 80.8. The molecule has 0 unspecified atom stereocenters. The number of halogens is 6. The number of hydrogen-bond donors (Lipinski definition) is 1. The number of aromatic hydroxyl groups is 1. The molecule has 23 heavy (non-hydrogen) atoms. The van der Waals surface area contributed by atoms with E-state index in [1.807, 2.05) is 0 Å². The maximum Gasteiger partial charge on any atom is 0.417 e. The number of phenols is 1. The van der Waals surface area contributed by atoms with E-state index in [9.17, 15) is 31.4 Å². The van der Waals surface area contributed by atoms with E-state index in [-0.39, 0.29) is 17.0 Å². The highest BCUT2D eigenvalue weighted by Gasteiger charge is 2.33. The summed E-state index contributed by atoms with van der Waals surface area (Å²) in [6.07, 6.45) is -8.86. The van der Waals surface area contributed by atoms with Gasteiger partial charge in [0, 0.05) is 17.3 Å². The summed E-state index contributed by atoms with van der Waals surface area (Å²) in [5.74, 6) is -1.09. The van der Waals surface area contributed by atoms with Crippen LogP contribution in [0.15, 0.2) is 30.5 Å². The molecule has 0 fully saturated rings. The molecule has 124 valence electrons. The second-order valence-electron chi connectivity index (χ2n) is 4.51. The molecular formula is C14H9F6NO2. The Balaban J connectivity index is 2.61. The van der Waals surface area contributed by atoms with Gasteiger partial charge in [0.05, 0.1) is 18.2 Å². The zero-order valence-corrected chi connectivity index (χ0v) is 11.5. The summed E-state index contributed by atoms with van der Waals surface area (Å²) in [7, 11) is 1.14. The summed E-state index contributed by atoms with van der Waals surface area (Å²) in [4.78, 5) is 3.48. The van der Waals surface area contributed by atoms with E-state index in [0.29, 0.717) is 24.4 Å². The Labute approximate surface area is 126 Å². The van der Waals surface area contributed by atoms with Crippen LogP contribution < -0.4 is 4.74 Å². The minimum absolute atomic E-state index is 0.256. The third-order valence-corrected chi connectivity index (χ3v) is 2.99. The maximum absolute atomic E-state index is 12.7. The van der Waals surface area contributed by atoms with Gasteiger partial charge in [-0.05, 0) is 24.3 Å². The molecule has 0 bridgehead atoms. The van der Waals surface area contributed by atoms with Crippen LogP contribution in [-0.2, 0) is 12.4 Å². The Kier molecular flexibility index (Phi) is 4.14. The SMILES string of the molecule is COc1ncc(C(F)(F)F)cc1-c1ccc(C(F)(F)F)cc1O. The third-order valence-electron chi connectivity index (χ3n) is 2.99. The standard InChI is InChI=1S/C14H9F6NO2/c1-23-12-10(4-8(6-21-12)14(18,19)20)9-3-2-7(5-11(9)22)13(15,16)17/h2-6,22H,1H3. The van der Waals surface area contributed by atoms with Gasteiger partial charge in [-0.15, -0.1) is 0 Å². The summed E-state index contributed by atoms with van der Waals surface area (Å²) in [6, 6.07) is 2.58. The van der Waals surface area contributed by atoms with Crippen LogP contribution in [-0.4, -0.2) is 17.2 Å². The number of phenolic OH excluding ortho intramolecular Hbond substituents is 1. The number of nitrogens with zero attached hydrogens (tertiary/aromatic N) is 1. The first kappa shape index (κ1) is 16.9. The van der Waals surface area contributed by atoms with Gasteiger partial charge in [0.25, 0.3) is 0 Å². The molecule has 0 saturated heterocycles. The van der Waals surface area contributed by atoms with Crippen LogP contribution in [0.4, 0.5) is 26.3 Å². The number of rotatable bonds is 2. The Bertz CT molecular complexity index is 724. The topological polar surface area (TPSA) is 42.4 Å². The minimum Gasteiger partial charge on any atom is -0.507 e. The zero-order valence-electron chi connectivity index (χ0n) is 11.5. The third kappa shape index (κ3) is 3.49. The summed E-state index contributed by atoms with van der Waals surface area (Å²) in [5, 5.41) is 9.76. The molecule has 0 aliphatic heterocycles. The van der Waals surface area contributed by atoms with Gasteiger partial charge in [-0.25, -0.2) is 4.98 Å². The van der Waals surface area contributed by atoms with E-state index < -0.39 is 29.2 Å². The molecule has 3 nitrogen and oxygen atoms in total. The highest BCUT2D eigenvalue weighted by Crippen LogP contribution is 2.41. The van der Waals surface area contributed by atoms with Crippen LogP contribution in [0.25, 0.3) is 11.1 Å². The summed E-state index contributed by atoms with van der Waals surface area (Å²) in [5.41, 5.74) is -2.77. The van der Waals surface area contributed by atoms with E-state index >= 15 is 0 Å². The summed E-state index contributed by atoms with van der Waals surface area (Å²) in [6.45, 7) is 0. The van der Waals surface area contributed by atoms with Gasteiger partial charge in [-0.1, -0.05) is 0 Å². The van der Waals surface area contributed by atoms with Crippen molar-refractivity contribution in [1.29, 1.82) is 0 Å². The number of methoxy groups -OCH3 is 1. The zero-order chi connectivity index (χ0) is 17.4. The molecule has 0 aliphatic rings. The Morgan fingerprint density at radius 2 is 1.52 bits per heavy atom. The number of hydrogen-bond acceptors (Lipinski definition) is 3.